The van der Waals surface area contributed by atoms with Crippen LogP contribution in [0.3, 0.4) is 0 Å². The van der Waals surface area contributed by atoms with Crippen LogP contribution in [0.4, 0.5) is 0 Å². The normalized spacial score (nSPS) is 11.6. The van der Waals surface area contributed by atoms with Gasteiger partial charge in [-0.25, -0.2) is 9.78 Å². The number of hydrogen-bond acceptors (Lipinski definition) is 7. The first-order valence-electron chi connectivity index (χ1n) is 8.90. The maximum absolute atomic E-state index is 13.0. The Morgan fingerprint density at radius 3 is 2.86 bits per heavy atom. The van der Waals surface area contributed by atoms with E-state index in [0.29, 0.717) is 35.0 Å². The highest BCUT2D eigenvalue weighted by atomic mass is 32.1. The third kappa shape index (κ3) is 3.07. The molecule has 0 saturated heterocycles. The van der Waals surface area contributed by atoms with Crippen molar-refractivity contribution in [3.63, 3.8) is 0 Å². The first kappa shape index (κ1) is 18.3. The van der Waals surface area contributed by atoms with Gasteiger partial charge in [-0.3, -0.25) is 4.79 Å². The number of methoxy groups -OCH3 is 1. The molecule has 0 aliphatic rings. The van der Waals surface area contributed by atoms with E-state index in [1.807, 2.05) is 17.5 Å². The molecule has 9 heteroatoms. The maximum atomic E-state index is 13.0. The molecule has 0 bridgehead atoms. The fourth-order valence-corrected chi connectivity index (χ4v) is 3.67. The predicted octanol–water partition coefficient (Wildman–Crippen LogP) is 3.00. The third-order valence-electron chi connectivity index (χ3n) is 4.49. The summed E-state index contributed by atoms with van der Waals surface area (Å²) in [6, 6.07) is 3.81. The van der Waals surface area contributed by atoms with Crippen molar-refractivity contribution in [1.82, 2.24) is 24.1 Å². The molecule has 0 aromatic carbocycles. The molecule has 0 aliphatic carbocycles. The smallest absolute Gasteiger partial charge is 0.341 e. The highest BCUT2D eigenvalue weighted by Crippen LogP contribution is 2.24. The SMILES string of the molecule is COC(=O)c1cn(CCC(C)C)c(=O)c2cnc3nc(-c4cccs4)nn3c12. The predicted molar refractivity (Wildman–Crippen MR) is 107 cm³/mol. The Morgan fingerprint density at radius 1 is 1.36 bits per heavy atom. The highest BCUT2D eigenvalue weighted by Gasteiger charge is 2.21. The highest BCUT2D eigenvalue weighted by molar-refractivity contribution is 7.13. The minimum atomic E-state index is -0.538. The minimum absolute atomic E-state index is 0.217. The lowest BCUT2D eigenvalue weighted by Crippen LogP contribution is -2.24. The van der Waals surface area contributed by atoms with Gasteiger partial charge < -0.3 is 9.30 Å². The molecule has 8 nitrogen and oxygen atoms in total. The van der Waals surface area contributed by atoms with Crippen LogP contribution in [-0.2, 0) is 11.3 Å². The standard InChI is InChI=1S/C19H19N5O3S/c1-11(2)6-7-23-10-13(18(26)27-3)15-12(17(23)25)9-20-19-21-16(22-24(15)19)14-5-4-8-28-14/h4-5,8-11H,6-7H2,1-3H3. The van der Waals surface area contributed by atoms with Crippen LogP contribution in [0.1, 0.15) is 30.6 Å². The molecule has 4 aromatic heterocycles. The second-order valence-corrected chi connectivity index (χ2v) is 7.81. The van der Waals surface area contributed by atoms with Crippen LogP contribution in [0.25, 0.3) is 27.4 Å². The molecule has 0 unspecified atom stereocenters. The van der Waals surface area contributed by atoms with Crippen molar-refractivity contribution >= 4 is 34.0 Å². The van der Waals surface area contributed by atoms with Crippen molar-refractivity contribution in [2.45, 2.75) is 26.8 Å². The van der Waals surface area contributed by atoms with Gasteiger partial charge in [0, 0.05) is 18.9 Å². The number of hydrogen-bond donors (Lipinski definition) is 0. The van der Waals surface area contributed by atoms with Gasteiger partial charge >= 0.3 is 5.97 Å². The summed E-state index contributed by atoms with van der Waals surface area (Å²) in [6.07, 6.45) is 3.82. The largest absolute Gasteiger partial charge is 0.465 e. The molecule has 0 atom stereocenters. The molecular formula is C19H19N5O3S. The lowest BCUT2D eigenvalue weighted by atomic mass is 10.1. The summed E-state index contributed by atoms with van der Waals surface area (Å²) < 4.78 is 7.95. The van der Waals surface area contributed by atoms with Crippen molar-refractivity contribution < 1.29 is 9.53 Å². The Kier molecular flexibility index (Phi) is 4.68. The zero-order valence-electron chi connectivity index (χ0n) is 15.7. The molecule has 0 radical (unpaired) electrons. The molecule has 0 spiro atoms. The number of carbonyl (C=O) groups is 1. The van der Waals surface area contributed by atoms with Crippen LogP contribution in [0.2, 0.25) is 0 Å². The molecule has 4 aromatic rings. The summed E-state index contributed by atoms with van der Waals surface area (Å²) >= 11 is 1.50. The first-order chi connectivity index (χ1) is 13.5. The fraction of sp³-hybridized carbons (Fsp3) is 0.316. The van der Waals surface area contributed by atoms with Crippen LogP contribution >= 0.6 is 11.3 Å². The summed E-state index contributed by atoms with van der Waals surface area (Å²) in [7, 11) is 1.31. The van der Waals surface area contributed by atoms with Crippen LogP contribution in [0, 0.1) is 5.92 Å². The number of aryl methyl sites for hydroxylation is 1. The second-order valence-electron chi connectivity index (χ2n) is 6.86. The number of aromatic nitrogens is 5. The van der Waals surface area contributed by atoms with E-state index in [1.165, 1.54) is 29.2 Å². The molecule has 4 heterocycles. The van der Waals surface area contributed by atoms with Crippen molar-refractivity contribution in [2.24, 2.45) is 5.92 Å². The zero-order chi connectivity index (χ0) is 19.8. The summed E-state index contributed by atoms with van der Waals surface area (Å²) in [5.41, 5.74) is 0.403. The van der Waals surface area contributed by atoms with Crippen LogP contribution in [0.5, 0.6) is 0 Å². The third-order valence-corrected chi connectivity index (χ3v) is 5.36. The van der Waals surface area contributed by atoms with Crippen molar-refractivity contribution in [3.05, 3.63) is 45.8 Å². The average Bonchev–Trinajstić information content (AvgIpc) is 3.35. The number of ether oxygens (including phenoxy) is 1. The molecule has 0 aliphatic heterocycles. The summed E-state index contributed by atoms with van der Waals surface area (Å²) in [5.74, 6) is 0.701. The maximum Gasteiger partial charge on any atom is 0.341 e. The van der Waals surface area contributed by atoms with E-state index in [0.717, 1.165) is 11.3 Å². The number of thiophene rings is 1. The minimum Gasteiger partial charge on any atom is -0.465 e. The Balaban J connectivity index is 2.01. The van der Waals surface area contributed by atoms with Gasteiger partial charge in [0.2, 0.25) is 0 Å². The number of esters is 1. The average molecular weight is 397 g/mol. The second kappa shape index (κ2) is 7.16. The monoisotopic (exact) mass is 397 g/mol. The lowest BCUT2D eigenvalue weighted by molar-refractivity contribution is 0.0601. The number of fused-ring (bicyclic) bond motifs is 3. The van der Waals surface area contributed by atoms with E-state index < -0.39 is 5.97 Å². The molecular weight excluding hydrogens is 378 g/mol. The lowest BCUT2D eigenvalue weighted by Gasteiger charge is -2.12. The van der Waals surface area contributed by atoms with Gasteiger partial charge in [-0.05, 0) is 23.8 Å². The van der Waals surface area contributed by atoms with Gasteiger partial charge in [-0.15, -0.1) is 16.4 Å². The van der Waals surface area contributed by atoms with Crippen LogP contribution in [0.15, 0.2) is 34.7 Å². The Labute approximate surface area is 164 Å². The molecule has 0 saturated carbocycles. The van der Waals surface area contributed by atoms with Gasteiger partial charge in [-0.1, -0.05) is 19.9 Å². The number of carbonyl (C=O) groups excluding carboxylic acids is 1. The Morgan fingerprint density at radius 2 is 2.18 bits per heavy atom. The van der Waals surface area contributed by atoms with Gasteiger partial charge in [0.25, 0.3) is 11.3 Å². The Hall–Kier alpha value is -3.07. The zero-order valence-corrected chi connectivity index (χ0v) is 16.6. The van der Waals surface area contributed by atoms with E-state index in [2.05, 4.69) is 28.9 Å². The van der Waals surface area contributed by atoms with Gasteiger partial charge in [0.05, 0.1) is 22.9 Å². The Bertz CT molecular complexity index is 1220. The van der Waals surface area contributed by atoms with Crippen LogP contribution in [-0.4, -0.2) is 37.2 Å². The quantitative estimate of drug-likeness (QED) is 0.481. The molecule has 0 amide bonds. The molecule has 4 rings (SSSR count). The first-order valence-corrected chi connectivity index (χ1v) is 9.78. The van der Waals surface area contributed by atoms with Gasteiger partial charge in [0.1, 0.15) is 5.56 Å². The number of nitrogens with zero attached hydrogens (tertiary/aromatic N) is 5. The van der Waals surface area contributed by atoms with Crippen LogP contribution < -0.4 is 5.56 Å². The molecule has 144 valence electrons. The van der Waals surface area contributed by atoms with E-state index in [-0.39, 0.29) is 11.1 Å². The molecule has 0 N–H and O–H groups in total. The summed E-state index contributed by atoms with van der Waals surface area (Å²) in [5, 5.41) is 6.74. The number of rotatable bonds is 5. The van der Waals surface area contributed by atoms with Crippen molar-refractivity contribution in [1.29, 1.82) is 0 Å². The summed E-state index contributed by atoms with van der Waals surface area (Å²) in [6.45, 7) is 4.67. The topological polar surface area (TPSA) is 91.4 Å². The van der Waals surface area contributed by atoms with E-state index in [1.54, 1.807) is 10.8 Å². The van der Waals surface area contributed by atoms with E-state index in [9.17, 15) is 9.59 Å². The molecule has 0 fully saturated rings. The number of pyridine rings is 1. The fourth-order valence-electron chi connectivity index (χ4n) is 3.01. The van der Waals surface area contributed by atoms with E-state index in [4.69, 9.17) is 4.74 Å². The van der Waals surface area contributed by atoms with Gasteiger partial charge in [-0.2, -0.15) is 9.50 Å². The van der Waals surface area contributed by atoms with Gasteiger partial charge in [0.15, 0.2) is 5.82 Å². The van der Waals surface area contributed by atoms with Crippen molar-refractivity contribution in [3.8, 4) is 10.7 Å². The molecule has 28 heavy (non-hydrogen) atoms. The van der Waals surface area contributed by atoms with Crippen molar-refractivity contribution in [2.75, 3.05) is 7.11 Å². The summed E-state index contributed by atoms with van der Waals surface area (Å²) in [4.78, 5) is 35.1. The van der Waals surface area contributed by atoms with E-state index >= 15 is 0 Å².